The van der Waals surface area contributed by atoms with E-state index in [1.165, 1.54) is 41.3 Å². The Kier molecular flexibility index (Phi) is 3.47. The molecule has 0 amide bonds. The quantitative estimate of drug-likeness (QED) is 0.863. The van der Waals surface area contributed by atoms with E-state index in [1.807, 2.05) is 0 Å². The zero-order valence-electron chi connectivity index (χ0n) is 9.17. The number of rotatable bonds is 2. The van der Waals surface area contributed by atoms with Crippen molar-refractivity contribution in [3.8, 4) is 0 Å². The van der Waals surface area contributed by atoms with Gasteiger partial charge in [-0.15, -0.1) is 0 Å². The van der Waals surface area contributed by atoms with Gasteiger partial charge in [-0.1, -0.05) is 40.9 Å². The predicted octanol–water partition coefficient (Wildman–Crippen LogP) is 3.95. The zero-order valence-corrected chi connectivity index (χ0v) is 10.8. The van der Waals surface area contributed by atoms with Crippen LogP contribution in [0.1, 0.15) is 42.9 Å². The first-order valence-corrected chi connectivity index (χ1v) is 6.50. The first-order chi connectivity index (χ1) is 7.20. The van der Waals surface area contributed by atoms with Gasteiger partial charge in [0.2, 0.25) is 0 Å². The SMILES string of the molecule is Cc1c(Br)cccc1C(N)C1CCCC1. The van der Waals surface area contributed by atoms with Crippen molar-refractivity contribution < 1.29 is 0 Å². The Hall–Kier alpha value is -0.340. The van der Waals surface area contributed by atoms with Gasteiger partial charge in [-0.2, -0.15) is 0 Å². The van der Waals surface area contributed by atoms with Crippen molar-refractivity contribution in [2.45, 2.75) is 38.6 Å². The summed E-state index contributed by atoms with van der Waals surface area (Å²) in [7, 11) is 0. The van der Waals surface area contributed by atoms with Crippen LogP contribution in [-0.2, 0) is 0 Å². The predicted molar refractivity (Wildman–Crippen MR) is 67.8 cm³/mol. The van der Waals surface area contributed by atoms with Gasteiger partial charge in [-0.05, 0) is 42.9 Å². The molecular weight excluding hydrogens is 250 g/mol. The van der Waals surface area contributed by atoms with E-state index >= 15 is 0 Å². The van der Waals surface area contributed by atoms with Crippen molar-refractivity contribution >= 4 is 15.9 Å². The van der Waals surface area contributed by atoms with Crippen LogP contribution in [0.3, 0.4) is 0 Å². The summed E-state index contributed by atoms with van der Waals surface area (Å²) in [6, 6.07) is 6.56. The van der Waals surface area contributed by atoms with Crippen LogP contribution in [0.4, 0.5) is 0 Å². The van der Waals surface area contributed by atoms with Crippen molar-refractivity contribution in [3.63, 3.8) is 0 Å². The number of hydrogen-bond acceptors (Lipinski definition) is 1. The molecule has 0 aliphatic heterocycles. The van der Waals surface area contributed by atoms with Gasteiger partial charge in [0.25, 0.3) is 0 Å². The lowest BCUT2D eigenvalue weighted by Gasteiger charge is -2.21. The summed E-state index contributed by atoms with van der Waals surface area (Å²) in [6.07, 6.45) is 5.30. The van der Waals surface area contributed by atoms with Gasteiger partial charge < -0.3 is 5.73 Å². The Morgan fingerprint density at radius 2 is 2.00 bits per heavy atom. The van der Waals surface area contributed by atoms with Gasteiger partial charge in [0.15, 0.2) is 0 Å². The monoisotopic (exact) mass is 267 g/mol. The maximum absolute atomic E-state index is 6.35. The summed E-state index contributed by atoms with van der Waals surface area (Å²) in [6.45, 7) is 2.15. The highest BCUT2D eigenvalue weighted by Crippen LogP contribution is 2.36. The van der Waals surface area contributed by atoms with Gasteiger partial charge in [0, 0.05) is 10.5 Å². The van der Waals surface area contributed by atoms with E-state index < -0.39 is 0 Å². The maximum Gasteiger partial charge on any atom is 0.0326 e. The molecule has 1 atom stereocenters. The molecule has 1 unspecified atom stereocenters. The highest BCUT2D eigenvalue weighted by atomic mass is 79.9. The molecule has 0 heterocycles. The van der Waals surface area contributed by atoms with Crippen LogP contribution < -0.4 is 5.73 Å². The molecule has 0 radical (unpaired) electrons. The molecule has 2 N–H and O–H groups in total. The van der Waals surface area contributed by atoms with Crippen LogP contribution in [0, 0.1) is 12.8 Å². The Labute approximate surface area is 100 Å². The molecule has 1 aromatic carbocycles. The molecule has 1 aliphatic carbocycles. The molecule has 1 aliphatic rings. The van der Waals surface area contributed by atoms with Gasteiger partial charge >= 0.3 is 0 Å². The van der Waals surface area contributed by atoms with Crippen molar-refractivity contribution in [3.05, 3.63) is 33.8 Å². The first-order valence-electron chi connectivity index (χ1n) is 5.70. The van der Waals surface area contributed by atoms with E-state index in [2.05, 4.69) is 41.1 Å². The lowest BCUT2D eigenvalue weighted by atomic mass is 9.90. The summed E-state index contributed by atoms with van der Waals surface area (Å²) in [5.74, 6) is 0.693. The van der Waals surface area contributed by atoms with Crippen LogP contribution in [0.15, 0.2) is 22.7 Å². The number of benzene rings is 1. The molecular formula is C13H18BrN. The molecule has 0 saturated heterocycles. The molecule has 2 heteroatoms. The first kappa shape index (κ1) is 11.2. The number of halogens is 1. The van der Waals surface area contributed by atoms with E-state index in [-0.39, 0.29) is 6.04 Å². The standard InChI is InChI=1S/C13H18BrN/c1-9-11(7-4-8-12(9)14)13(15)10-5-2-3-6-10/h4,7-8,10,13H,2-3,5-6,15H2,1H3. The fourth-order valence-electron chi connectivity index (χ4n) is 2.56. The molecule has 2 rings (SSSR count). The Morgan fingerprint density at radius 3 is 2.67 bits per heavy atom. The van der Waals surface area contributed by atoms with Crippen molar-refractivity contribution in [1.82, 2.24) is 0 Å². The number of nitrogens with two attached hydrogens (primary N) is 1. The van der Waals surface area contributed by atoms with E-state index in [9.17, 15) is 0 Å². The van der Waals surface area contributed by atoms with Crippen LogP contribution in [0.2, 0.25) is 0 Å². The number of hydrogen-bond donors (Lipinski definition) is 1. The fourth-order valence-corrected chi connectivity index (χ4v) is 2.94. The summed E-state index contributed by atoms with van der Waals surface area (Å²) < 4.78 is 1.17. The highest BCUT2D eigenvalue weighted by molar-refractivity contribution is 9.10. The Balaban J connectivity index is 2.24. The van der Waals surface area contributed by atoms with E-state index in [0.29, 0.717) is 5.92 Å². The molecule has 0 spiro atoms. The van der Waals surface area contributed by atoms with Crippen molar-refractivity contribution in [1.29, 1.82) is 0 Å². The second kappa shape index (κ2) is 4.67. The van der Waals surface area contributed by atoms with Crippen LogP contribution >= 0.6 is 15.9 Å². The minimum Gasteiger partial charge on any atom is -0.324 e. The van der Waals surface area contributed by atoms with E-state index in [1.54, 1.807) is 0 Å². The van der Waals surface area contributed by atoms with Gasteiger partial charge in [-0.3, -0.25) is 0 Å². The molecule has 0 bridgehead atoms. The van der Waals surface area contributed by atoms with Crippen LogP contribution in [-0.4, -0.2) is 0 Å². The van der Waals surface area contributed by atoms with Gasteiger partial charge in [-0.25, -0.2) is 0 Å². The fraction of sp³-hybridized carbons (Fsp3) is 0.538. The molecule has 1 fully saturated rings. The van der Waals surface area contributed by atoms with Crippen LogP contribution in [0.5, 0.6) is 0 Å². The van der Waals surface area contributed by atoms with Crippen LogP contribution in [0.25, 0.3) is 0 Å². The molecule has 15 heavy (non-hydrogen) atoms. The maximum atomic E-state index is 6.35. The Morgan fingerprint density at radius 1 is 1.33 bits per heavy atom. The molecule has 1 saturated carbocycles. The third kappa shape index (κ3) is 2.26. The van der Waals surface area contributed by atoms with Crippen molar-refractivity contribution in [2.24, 2.45) is 11.7 Å². The topological polar surface area (TPSA) is 26.0 Å². The second-order valence-electron chi connectivity index (χ2n) is 4.52. The highest BCUT2D eigenvalue weighted by Gasteiger charge is 2.24. The van der Waals surface area contributed by atoms with Crippen molar-refractivity contribution in [2.75, 3.05) is 0 Å². The third-order valence-corrected chi connectivity index (χ3v) is 4.44. The van der Waals surface area contributed by atoms with Gasteiger partial charge in [0.1, 0.15) is 0 Å². The summed E-state index contributed by atoms with van der Waals surface area (Å²) in [5.41, 5.74) is 8.97. The second-order valence-corrected chi connectivity index (χ2v) is 5.38. The largest absolute Gasteiger partial charge is 0.324 e. The zero-order chi connectivity index (χ0) is 10.8. The average Bonchev–Trinajstić information content (AvgIpc) is 2.74. The minimum absolute atomic E-state index is 0.227. The lowest BCUT2D eigenvalue weighted by molar-refractivity contribution is 0.443. The summed E-state index contributed by atoms with van der Waals surface area (Å²) in [4.78, 5) is 0. The minimum atomic E-state index is 0.227. The molecule has 1 aromatic rings. The smallest absolute Gasteiger partial charge is 0.0326 e. The summed E-state index contributed by atoms with van der Waals surface area (Å²) >= 11 is 3.57. The lowest BCUT2D eigenvalue weighted by Crippen LogP contribution is -2.20. The van der Waals surface area contributed by atoms with E-state index in [4.69, 9.17) is 5.73 Å². The Bertz CT molecular complexity index is 342. The molecule has 0 aromatic heterocycles. The summed E-state index contributed by atoms with van der Waals surface area (Å²) in [5, 5.41) is 0. The average molecular weight is 268 g/mol. The molecule has 82 valence electrons. The van der Waals surface area contributed by atoms with Gasteiger partial charge in [0.05, 0.1) is 0 Å². The third-order valence-electron chi connectivity index (χ3n) is 3.58. The normalized spacial score (nSPS) is 19.4. The molecule has 1 nitrogen and oxygen atoms in total. The van der Waals surface area contributed by atoms with E-state index in [0.717, 1.165) is 0 Å².